The number of piperidine rings is 1. The van der Waals surface area contributed by atoms with Gasteiger partial charge in [0.1, 0.15) is 0 Å². The molecule has 8 heteroatoms. The third kappa shape index (κ3) is 7.25. The summed E-state index contributed by atoms with van der Waals surface area (Å²) >= 11 is 0. The molecule has 0 aliphatic carbocycles. The van der Waals surface area contributed by atoms with Gasteiger partial charge in [0.25, 0.3) is 0 Å². The summed E-state index contributed by atoms with van der Waals surface area (Å²) in [5, 5.41) is 6.75. The standard InChI is InChI=1S/C22H38N4O3S/c1-5-29-21(18(2)3)11-14-24-22(23-4)25-17-19-12-15-26(16-13-19)30(27,28)20-9-7-6-8-10-20/h6-10,18-19,21H,5,11-17H2,1-4H3,(H2,23,24,25). The van der Waals surface area contributed by atoms with Gasteiger partial charge in [0, 0.05) is 39.8 Å². The summed E-state index contributed by atoms with van der Waals surface area (Å²) in [6.45, 7) is 9.82. The molecule has 2 rings (SSSR count). The number of nitrogens with one attached hydrogen (secondary N) is 2. The predicted molar refractivity (Wildman–Crippen MR) is 122 cm³/mol. The van der Waals surface area contributed by atoms with Gasteiger partial charge < -0.3 is 15.4 Å². The number of guanidine groups is 1. The van der Waals surface area contributed by atoms with E-state index in [9.17, 15) is 8.42 Å². The highest BCUT2D eigenvalue weighted by molar-refractivity contribution is 7.89. The highest BCUT2D eigenvalue weighted by atomic mass is 32.2. The highest BCUT2D eigenvalue weighted by Gasteiger charge is 2.29. The Hall–Kier alpha value is -1.64. The van der Waals surface area contributed by atoms with Crippen LogP contribution in [0.25, 0.3) is 0 Å². The minimum absolute atomic E-state index is 0.247. The Labute approximate surface area is 182 Å². The van der Waals surface area contributed by atoms with Crippen LogP contribution in [-0.2, 0) is 14.8 Å². The SMILES string of the molecule is CCOC(CCNC(=NC)NCC1CCN(S(=O)(=O)c2ccccc2)CC1)C(C)C. The molecule has 1 atom stereocenters. The summed E-state index contributed by atoms with van der Waals surface area (Å²) in [5.41, 5.74) is 0. The lowest BCUT2D eigenvalue weighted by atomic mass is 9.98. The molecule has 0 amide bonds. The molecule has 1 aliphatic heterocycles. The average molecular weight is 439 g/mol. The Kier molecular flexibility index (Phi) is 10.1. The van der Waals surface area contributed by atoms with Crippen LogP contribution in [0.2, 0.25) is 0 Å². The molecule has 7 nitrogen and oxygen atoms in total. The Morgan fingerprint density at radius 2 is 1.87 bits per heavy atom. The van der Waals surface area contributed by atoms with Gasteiger partial charge in [-0.1, -0.05) is 32.0 Å². The van der Waals surface area contributed by atoms with Crippen LogP contribution in [-0.4, -0.2) is 64.6 Å². The lowest BCUT2D eigenvalue weighted by molar-refractivity contribution is 0.0258. The molecule has 0 saturated carbocycles. The number of hydrogen-bond donors (Lipinski definition) is 2. The molecule has 1 aromatic rings. The van der Waals surface area contributed by atoms with E-state index in [1.165, 1.54) is 0 Å². The molecule has 2 N–H and O–H groups in total. The van der Waals surface area contributed by atoms with Crippen LogP contribution in [0.3, 0.4) is 0 Å². The minimum atomic E-state index is -3.39. The molecule has 170 valence electrons. The highest BCUT2D eigenvalue weighted by Crippen LogP contribution is 2.23. The van der Waals surface area contributed by atoms with Crippen molar-refractivity contribution >= 4 is 16.0 Å². The van der Waals surface area contributed by atoms with E-state index in [-0.39, 0.29) is 6.10 Å². The van der Waals surface area contributed by atoms with Gasteiger partial charge in [0.05, 0.1) is 11.0 Å². The zero-order valence-corrected chi connectivity index (χ0v) is 19.6. The third-order valence-corrected chi connectivity index (χ3v) is 7.49. The van der Waals surface area contributed by atoms with Crippen LogP contribution in [0.1, 0.15) is 40.0 Å². The summed E-state index contributed by atoms with van der Waals surface area (Å²) < 4.78 is 32.9. The number of sulfonamides is 1. The number of hydrogen-bond acceptors (Lipinski definition) is 4. The monoisotopic (exact) mass is 438 g/mol. The van der Waals surface area contributed by atoms with Crippen molar-refractivity contribution < 1.29 is 13.2 Å². The van der Waals surface area contributed by atoms with Crippen LogP contribution >= 0.6 is 0 Å². The number of nitrogens with zero attached hydrogens (tertiary/aromatic N) is 2. The van der Waals surface area contributed by atoms with Crippen molar-refractivity contribution in [3.63, 3.8) is 0 Å². The van der Waals surface area contributed by atoms with Gasteiger partial charge in [0.2, 0.25) is 10.0 Å². The first kappa shape index (κ1) is 24.6. The Bertz CT molecular complexity index is 745. The molecule has 0 spiro atoms. The van der Waals surface area contributed by atoms with E-state index in [0.717, 1.165) is 44.9 Å². The lowest BCUT2D eigenvalue weighted by Crippen LogP contribution is -2.44. The van der Waals surface area contributed by atoms with Crippen molar-refractivity contribution in [2.24, 2.45) is 16.8 Å². The summed E-state index contributed by atoms with van der Waals surface area (Å²) in [6, 6.07) is 8.68. The molecular weight excluding hydrogens is 400 g/mol. The van der Waals surface area contributed by atoms with E-state index < -0.39 is 10.0 Å². The third-order valence-electron chi connectivity index (χ3n) is 5.58. The number of benzene rings is 1. The van der Waals surface area contributed by atoms with Gasteiger partial charge in [-0.2, -0.15) is 4.31 Å². The minimum Gasteiger partial charge on any atom is -0.378 e. The van der Waals surface area contributed by atoms with Gasteiger partial charge in [0.15, 0.2) is 5.96 Å². The van der Waals surface area contributed by atoms with Crippen molar-refractivity contribution in [1.29, 1.82) is 0 Å². The van der Waals surface area contributed by atoms with Crippen molar-refractivity contribution in [2.75, 3.05) is 39.8 Å². The molecule has 1 unspecified atom stereocenters. The lowest BCUT2D eigenvalue weighted by Gasteiger charge is -2.31. The Balaban J connectivity index is 1.74. The fourth-order valence-corrected chi connectivity index (χ4v) is 5.20. The van der Waals surface area contributed by atoms with E-state index >= 15 is 0 Å². The molecule has 0 bridgehead atoms. The fraction of sp³-hybridized carbons (Fsp3) is 0.682. The average Bonchev–Trinajstić information content (AvgIpc) is 2.76. The molecule has 1 aromatic carbocycles. The zero-order chi connectivity index (χ0) is 22.0. The van der Waals surface area contributed by atoms with E-state index in [2.05, 4.69) is 29.5 Å². The van der Waals surface area contributed by atoms with E-state index in [4.69, 9.17) is 4.74 Å². The largest absolute Gasteiger partial charge is 0.378 e. The van der Waals surface area contributed by atoms with Crippen molar-refractivity contribution in [3.05, 3.63) is 30.3 Å². The zero-order valence-electron chi connectivity index (χ0n) is 18.8. The van der Waals surface area contributed by atoms with E-state index in [1.54, 1.807) is 35.6 Å². The normalized spacial score (nSPS) is 17.8. The van der Waals surface area contributed by atoms with Gasteiger partial charge >= 0.3 is 0 Å². The maximum atomic E-state index is 12.7. The number of aliphatic imine (C=N–C) groups is 1. The first-order valence-electron chi connectivity index (χ1n) is 11.0. The van der Waals surface area contributed by atoms with E-state index in [1.807, 2.05) is 13.0 Å². The first-order valence-corrected chi connectivity index (χ1v) is 12.4. The number of rotatable bonds is 10. The Morgan fingerprint density at radius 1 is 1.20 bits per heavy atom. The van der Waals surface area contributed by atoms with Crippen molar-refractivity contribution in [3.8, 4) is 0 Å². The van der Waals surface area contributed by atoms with Crippen LogP contribution in [0, 0.1) is 11.8 Å². The summed E-state index contributed by atoms with van der Waals surface area (Å²) in [4.78, 5) is 4.67. The van der Waals surface area contributed by atoms with E-state index in [0.29, 0.717) is 29.8 Å². The molecule has 1 saturated heterocycles. The van der Waals surface area contributed by atoms with Gasteiger partial charge in [-0.15, -0.1) is 0 Å². The van der Waals surface area contributed by atoms with Crippen LogP contribution in [0.5, 0.6) is 0 Å². The fourth-order valence-electron chi connectivity index (χ4n) is 3.71. The quantitative estimate of drug-likeness (QED) is 0.434. The maximum Gasteiger partial charge on any atom is 0.243 e. The second-order valence-corrected chi connectivity index (χ2v) is 10.0. The smallest absolute Gasteiger partial charge is 0.243 e. The summed E-state index contributed by atoms with van der Waals surface area (Å²) in [7, 11) is -1.62. The molecule has 1 fully saturated rings. The first-order chi connectivity index (χ1) is 14.4. The molecule has 30 heavy (non-hydrogen) atoms. The summed E-state index contributed by atoms with van der Waals surface area (Å²) in [5.74, 6) is 1.70. The molecule has 0 aromatic heterocycles. The van der Waals surface area contributed by atoms with Crippen LogP contribution in [0.15, 0.2) is 40.2 Å². The molecule has 1 heterocycles. The second-order valence-electron chi connectivity index (χ2n) is 8.07. The topological polar surface area (TPSA) is 83.0 Å². The van der Waals surface area contributed by atoms with Crippen molar-refractivity contribution in [1.82, 2.24) is 14.9 Å². The molecule has 1 aliphatic rings. The predicted octanol–water partition coefficient (Wildman–Crippen LogP) is 2.70. The van der Waals surface area contributed by atoms with Gasteiger partial charge in [-0.05, 0) is 50.2 Å². The van der Waals surface area contributed by atoms with Crippen LogP contribution in [0.4, 0.5) is 0 Å². The molecule has 0 radical (unpaired) electrons. The van der Waals surface area contributed by atoms with Crippen LogP contribution < -0.4 is 10.6 Å². The maximum absolute atomic E-state index is 12.7. The second kappa shape index (κ2) is 12.3. The number of ether oxygens (including phenoxy) is 1. The summed E-state index contributed by atoms with van der Waals surface area (Å²) in [6.07, 6.45) is 2.87. The molecular formula is C22H38N4O3S. The van der Waals surface area contributed by atoms with Gasteiger partial charge in [-0.25, -0.2) is 8.42 Å². The Morgan fingerprint density at radius 3 is 2.43 bits per heavy atom. The van der Waals surface area contributed by atoms with Crippen molar-refractivity contribution in [2.45, 2.75) is 51.0 Å². The van der Waals surface area contributed by atoms with Gasteiger partial charge in [-0.3, -0.25) is 4.99 Å².